The zero-order valence-corrected chi connectivity index (χ0v) is 21.9. The average Bonchev–Trinajstić information content (AvgIpc) is 3.41. The van der Waals surface area contributed by atoms with E-state index in [9.17, 15) is 17.8 Å². The van der Waals surface area contributed by atoms with Crippen molar-refractivity contribution in [2.45, 2.75) is 114 Å². The zero-order chi connectivity index (χ0) is 24.7. The summed E-state index contributed by atoms with van der Waals surface area (Å²) in [7, 11) is -4.41. The molecular formula is C28H40O5S. The van der Waals surface area contributed by atoms with Crippen molar-refractivity contribution >= 4 is 16.1 Å². The minimum Gasteiger partial charge on any atom is -0.459 e. The molecule has 1 aromatic carbocycles. The van der Waals surface area contributed by atoms with Crippen LogP contribution >= 0.6 is 0 Å². The number of fused-ring (bicyclic) bond motifs is 3. The number of hydrogen-bond donors (Lipinski definition) is 1. The molecule has 1 N–H and O–H groups in total. The Morgan fingerprint density at radius 1 is 1.03 bits per heavy atom. The van der Waals surface area contributed by atoms with Gasteiger partial charge in [0.05, 0.1) is 5.92 Å². The second-order valence-corrected chi connectivity index (χ2v) is 12.2. The summed E-state index contributed by atoms with van der Waals surface area (Å²) in [5, 5.41) is 0. The van der Waals surface area contributed by atoms with Crippen molar-refractivity contribution in [2.24, 2.45) is 11.8 Å². The highest BCUT2D eigenvalue weighted by Crippen LogP contribution is 2.64. The van der Waals surface area contributed by atoms with E-state index in [1.807, 2.05) is 19.1 Å². The van der Waals surface area contributed by atoms with E-state index in [0.717, 1.165) is 68.9 Å². The van der Waals surface area contributed by atoms with Gasteiger partial charge < -0.3 is 4.74 Å². The van der Waals surface area contributed by atoms with E-state index in [1.165, 1.54) is 0 Å². The second kappa shape index (κ2) is 9.77. The molecule has 2 saturated carbocycles. The van der Waals surface area contributed by atoms with Crippen LogP contribution in [0.5, 0.6) is 0 Å². The third-order valence-electron chi connectivity index (χ3n) is 8.44. The third-order valence-corrected chi connectivity index (χ3v) is 9.43. The van der Waals surface area contributed by atoms with Gasteiger partial charge in [0.1, 0.15) is 10.5 Å². The standard InChI is InChI=1S/C28H40O5S/c1-5-9-18(10-6-2)21-13-20(23-15-28-16-24(23)25(17-28)27(29)33-28)14-22(26(21)34(30,31)32)19(11-7-3)12-8-4/h5,9,13-14,18-19,23-25H,6-8,10-12,15-17H2,1-4H3,(H,30,31,32)/b9-5+. The molecule has 3 fully saturated rings. The Labute approximate surface area is 205 Å². The minimum atomic E-state index is -4.41. The van der Waals surface area contributed by atoms with Crippen LogP contribution in [0.4, 0.5) is 0 Å². The van der Waals surface area contributed by atoms with E-state index in [4.69, 9.17) is 4.74 Å². The van der Waals surface area contributed by atoms with Crippen LogP contribution in [0.3, 0.4) is 0 Å². The number of carbonyl (C=O) groups is 1. The summed E-state index contributed by atoms with van der Waals surface area (Å²) < 4.78 is 42.1. The number of carbonyl (C=O) groups excluding carboxylic acids is 1. The van der Waals surface area contributed by atoms with Crippen LogP contribution in [-0.2, 0) is 19.6 Å². The van der Waals surface area contributed by atoms with Gasteiger partial charge in [0.25, 0.3) is 10.1 Å². The predicted octanol–water partition coefficient (Wildman–Crippen LogP) is 6.89. The number of benzene rings is 1. The number of rotatable bonds is 11. The highest BCUT2D eigenvalue weighted by atomic mass is 32.2. The van der Waals surface area contributed by atoms with Crippen molar-refractivity contribution in [1.82, 2.24) is 0 Å². The van der Waals surface area contributed by atoms with Crippen molar-refractivity contribution < 1.29 is 22.5 Å². The minimum absolute atomic E-state index is 0.0315. The molecule has 5 nitrogen and oxygen atoms in total. The molecule has 1 aromatic rings. The molecule has 0 radical (unpaired) electrons. The van der Waals surface area contributed by atoms with Gasteiger partial charge >= 0.3 is 5.97 Å². The van der Waals surface area contributed by atoms with Crippen molar-refractivity contribution in [3.63, 3.8) is 0 Å². The first-order valence-corrected chi connectivity index (χ1v) is 14.6. The lowest BCUT2D eigenvalue weighted by molar-refractivity contribution is -0.154. The normalized spacial score (nSPS) is 28.9. The topological polar surface area (TPSA) is 80.7 Å². The fourth-order valence-electron chi connectivity index (χ4n) is 7.23. The lowest BCUT2D eigenvalue weighted by atomic mass is 9.75. The Bertz CT molecular complexity index is 1050. The summed E-state index contributed by atoms with van der Waals surface area (Å²) in [6.07, 6.45) is 12.0. The number of allylic oxidation sites excluding steroid dienone is 2. The molecule has 6 heteroatoms. The molecule has 188 valence electrons. The van der Waals surface area contributed by atoms with Crippen molar-refractivity contribution in [2.75, 3.05) is 0 Å². The highest BCUT2D eigenvalue weighted by Gasteiger charge is 2.65. The number of hydrogen-bond acceptors (Lipinski definition) is 4. The monoisotopic (exact) mass is 488 g/mol. The maximum Gasteiger partial charge on any atom is 0.309 e. The van der Waals surface area contributed by atoms with Crippen molar-refractivity contribution in [1.29, 1.82) is 0 Å². The lowest BCUT2D eigenvalue weighted by Crippen LogP contribution is -2.24. The molecule has 2 aliphatic carbocycles. The number of esters is 1. The summed E-state index contributed by atoms with van der Waals surface area (Å²) >= 11 is 0. The molecule has 3 bridgehead atoms. The molecule has 3 aliphatic rings. The second-order valence-electron chi connectivity index (χ2n) is 10.8. The fraction of sp³-hybridized carbons (Fsp3) is 0.679. The van der Waals surface area contributed by atoms with Crippen LogP contribution in [0.15, 0.2) is 29.2 Å². The van der Waals surface area contributed by atoms with E-state index >= 15 is 0 Å². The molecule has 34 heavy (non-hydrogen) atoms. The first kappa shape index (κ1) is 25.4. The molecule has 4 rings (SSSR count). The maximum atomic E-state index is 12.9. The van der Waals surface area contributed by atoms with Crippen molar-refractivity contribution in [3.05, 3.63) is 41.0 Å². The highest BCUT2D eigenvalue weighted by molar-refractivity contribution is 7.86. The molecule has 0 amide bonds. The van der Waals surface area contributed by atoms with Gasteiger partial charge in [-0.15, -0.1) is 0 Å². The van der Waals surface area contributed by atoms with Crippen LogP contribution in [0, 0.1) is 11.8 Å². The van der Waals surface area contributed by atoms with E-state index < -0.39 is 10.1 Å². The van der Waals surface area contributed by atoms with Crippen LogP contribution in [0.1, 0.15) is 120 Å². The zero-order valence-electron chi connectivity index (χ0n) is 21.0. The fourth-order valence-corrected chi connectivity index (χ4v) is 8.26. The molecule has 5 atom stereocenters. The maximum absolute atomic E-state index is 12.9. The Morgan fingerprint density at radius 3 is 2.21 bits per heavy atom. The Hall–Kier alpha value is -1.66. The Balaban J connectivity index is 1.92. The summed E-state index contributed by atoms with van der Waals surface area (Å²) in [5.41, 5.74) is 2.28. The third kappa shape index (κ3) is 4.48. The SMILES string of the molecule is C/C=C/C(CCC)c1cc(C2CC34CC(C(=O)O3)C2C4)cc(C(CCC)CCC)c1S(=O)(=O)O. The number of ether oxygens (including phenoxy) is 1. The Kier molecular flexibility index (Phi) is 7.31. The molecule has 1 saturated heterocycles. The van der Waals surface area contributed by atoms with Gasteiger partial charge in [-0.25, -0.2) is 0 Å². The summed E-state index contributed by atoms with van der Waals surface area (Å²) in [6.45, 7) is 8.29. The molecule has 0 aromatic heterocycles. The van der Waals surface area contributed by atoms with Gasteiger partial charge in [0, 0.05) is 12.3 Å². The summed E-state index contributed by atoms with van der Waals surface area (Å²) in [4.78, 5) is 12.5. The first-order valence-electron chi connectivity index (χ1n) is 13.2. The lowest BCUT2D eigenvalue weighted by Gasteiger charge is -2.29. The van der Waals surface area contributed by atoms with Crippen LogP contribution in [0.2, 0.25) is 0 Å². The molecule has 1 aliphatic heterocycles. The van der Waals surface area contributed by atoms with Crippen LogP contribution in [-0.4, -0.2) is 24.5 Å². The summed E-state index contributed by atoms with van der Waals surface area (Å²) in [6, 6.07) is 4.10. The van der Waals surface area contributed by atoms with Gasteiger partial charge in [0.15, 0.2) is 0 Å². The van der Waals surface area contributed by atoms with Gasteiger partial charge in [0.2, 0.25) is 0 Å². The molecular weight excluding hydrogens is 448 g/mol. The predicted molar refractivity (Wildman–Crippen MR) is 134 cm³/mol. The van der Waals surface area contributed by atoms with Crippen molar-refractivity contribution in [3.8, 4) is 0 Å². The average molecular weight is 489 g/mol. The molecule has 1 spiro atoms. The van der Waals surface area contributed by atoms with E-state index in [-0.39, 0.29) is 46.1 Å². The van der Waals surface area contributed by atoms with Gasteiger partial charge in [-0.3, -0.25) is 9.35 Å². The largest absolute Gasteiger partial charge is 0.459 e. The molecule has 1 heterocycles. The van der Waals surface area contributed by atoms with E-state index in [2.05, 4.69) is 32.9 Å². The van der Waals surface area contributed by atoms with Gasteiger partial charge in [-0.2, -0.15) is 8.42 Å². The van der Waals surface area contributed by atoms with Gasteiger partial charge in [-0.05, 0) is 73.5 Å². The van der Waals surface area contributed by atoms with Gasteiger partial charge in [-0.1, -0.05) is 64.3 Å². The van der Waals surface area contributed by atoms with Crippen LogP contribution < -0.4 is 0 Å². The quantitative estimate of drug-likeness (QED) is 0.208. The first-order chi connectivity index (χ1) is 16.2. The smallest absolute Gasteiger partial charge is 0.309 e. The van der Waals surface area contributed by atoms with E-state index in [1.54, 1.807) is 0 Å². The van der Waals surface area contributed by atoms with E-state index in [0.29, 0.717) is 5.56 Å². The molecule has 5 unspecified atom stereocenters. The summed E-state index contributed by atoms with van der Waals surface area (Å²) in [5.74, 6) is 0.360. The van der Waals surface area contributed by atoms with Crippen LogP contribution in [0.25, 0.3) is 0 Å². The Morgan fingerprint density at radius 2 is 1.65 bits per heavy atom.